The molecule has 1 aliphatic heterocycles. The predicted molar refractivity (Wildman–Crippen MR) is 171 cm³/mol. The van der Waals surface area contributed by atoms with Crippen molar-refractivity contribution in [1.29, 1.82) is 0 Å². The summed E-state index contributed by atoms with van der Waals surface area (Å²) in [7, 11) is 0. The zero-order chi connectivity index (χ0) is 31.6. The van der Waals surface area contributed by atoms with Gasteiger partial charge in [-0.2, -0.15) is 9.37 Å². The molecule has 4 unspecified atom stereocenters. The summed E-state index contributed by atoms with van der Waals surface area (Å²) in [5, 5.41) is 0. The molecule has 1 saturated heterocycles. The van der Waals surface area contributed by atoms with Gasteiger partial charge in [-0.15, -0.1) is 0 Å². The van der Waals surface area contributed by atoms with Crippen LogP contribution in [-0.4, -0.2) is 34.9 Å². The largest absolute Gasteiger partial charge is 0.471 e. The Morgan fingerprint density at radius 1 is 0.609 bits per heavy atom. The van der Waals surface area contributed by atoms with Gasteiger partial charge < -0.3 is 23.7 Å². The standard InChI is InChI=1S/C38H37FN2O5/c1-27-38(45-25-31-20-12-5-13-21-31)41-37(39)33(40-27)35-36(44-24-30-18-10-4-11-19-30)34(43-23-29-16-8-3-9-17-29)32(46-35)26-42-22-28-14-6-2-7-15-28/h2-21,32,34-36H,22-26H2,1H3. The third-order valence-electron chi connectivity index (χ3n) is 7.77. The van der Waals surface area contributed by atoms with Crippen molar-refractivity contribution >= 4 is 0 Å². The number of halogens is 1. The first-order valence-corrected chi connectivity index (χ1v) is 15.4. The number of ether oxygens (including phenoxy) is 5. The molecule has 0 amide bonds. The van der Waals surface area contributed by atoms with Gasteiger partial charge in [0.1, 0.15) is 36.7 Å². The van der Waals surface area contributed by atoms with E-state index in [0.29, 0.717) is 18.9 Å². The number of hydrogen-bond donors (Lipinski definition) is 0. The van der Waals surface area contributed by atoms with Gasteiger partial charge in [-0.25, -0.2) is 4.98 Å². The number of benzene rings is 4. The van der Waals surface area contributed by atoms with Crippen LogP contribution in [-0.2, 0) is 45.4 Å². The van der Waals surface area contributed by atoms with Crippen LogP contribution in [0.3, 0.4) is 0 Å². The summed E-state index contributed by atoms with van der Waals surface area (Å²) in [5.41, 5.74) is 4.44. The fourth-order valence-corrected chi connectivity index (χ4v) is 5.41. The second kappa shape index (κ2) is 15.7. The maximum absolute atomic E-state index is 15.9. The quantitative estimate of drug-likeness (QED) is 0.129. The molecule has 46 heavy (non-hydrogen) atoms. The number of hydrogen-bond acceptors (Lipinski definition) is 7. The van der Waals surface area contributed by atoms with Gasteiger partial charge in [0.25, 0.3) is 0 Å². The van der Waals surface area contributed by atoms with E-state index in [-0.39, 0.29) is 31.4 Å². The van der Waals surface area contributed by atoms with Gasteiger partial charge in [-0.05, 0) is 29.2 Å². The third-order valence-corrected chi connectivity index (χ3v) is 7.77. The van der Waals surface area contributed by atoms with Crippen LogP contribution in [0.5, 0.6) is 5.88 Å². The Morgan fingerprint density at radius 3 is 1.63 bits per heavy atom. The number of rotatable bonds is 14. The van der Waals surface area contributed by atoms with Gasteiger partial charge in [0.15, 0.2) is 0 Å². The molecule has 6 rings (SSSR count). The maximum atomic E-state index is 15.9. The fourth-order valence-electron chi connectivity index (χ4n) is 5.41. The summed E-state index contributed by atoms with van der Waals surface area (Å²) in [6.45, 7) is 3.19. The molecular formula is C38H37FN2O5. The average molecular weight is 621 g/mol. The van der Waals surface area contributed by atoms with E-state index in [1.54, 1.807) is 6.92 Å². The highest BCUT2D eigenvalue weighted by Gasteiger charge is 2.49. The lowest BCUT2D eigenvalue weighted by Crippen LogP contribution is -2.38. The molecule has 7 nitrogen and oxygen atoms in total. The van der Waals surface area contributed by atoms with E-state index >= 15 is 4.39 Å². The predicted octanol–water partition coefficient (Wildman–Crippen LogP) is 7.33. The molecule has 0 bridgehead atoms. The number of aromatic nitrogens is 2. The van der Waals surface area contributed by atoms with Gasteiger partial charge in [-0.3, -0.25) is 0 Å². The Hall–Kier alpha value is -4.47. The second-order valence-corrected chi connectivity index (χ2v) is 11.2. The van der Waals surface area contributed by atoms with Crippen LogP contribution in [0.15, 0.2) is 121 Å². The van der Waals surface area contributed by atoms with E-state index in [0.717, 1.165) is 22.3 Å². The van der Waals surface area contributed by atoms with Crippen molar-refractivity contribution in [3.05, 3.63) is 161 Å². The average Bonchev–Trinajstić information content (AvgIpc) is 3.45. The van der Waals surface area contributed by atoms with Gasteiger partial charge in [0.05, 0.1) is 32.1 Å². The normalized spacial score (nSPS) is 19.3. The van der Waals surface area contributed by atoms with Gasteiger partial charge in [0.2, 0.25) is 11.8 Å². The first-order valence-electron chi connectivity index (χ1n) is 15.4. The van der Waals surface area contributed by atoms with Crippen LogP contribution in [0, 0.1) is 12.9 Å². The van der Waals surface area contributed by atoms with E-state index in [2.05, 4.69) is 9.97 Å². The van der Waals surface area contributed by atoms with E-state index < -0.39 is 30.4 Å². The van der Waals surface area contributed by atoms with E-state index in [1.165, 1.54) is 0 Å². The van der Waals surface area contributed by atoms with Crippen molar-refractivity contribution in [2.75, 3.05) is 6.61 Å². The number of aryl methyl sites for hydroxylation is 1. The molecule has 2 heterocycles. The van der Waals surface area contributed by atoms with Crippen LogP contribution < -0.4 is 4.74 Å². The molecule has 0 N–H and O–H groups in total. The molecule has 1 aliphatic rings. The lowest BCUT2D eigenvalue weighted by molar-refractivity contribution is -0.0899. The molecule has 1 fully saturated rings. The highest BCUT2D eigenvalue weighted by atomic mass is 19.1. The summed E-state index contributed by atoms with van der Waals surface area (Å²) in [5.74, 6) is -0.649. The van der Waals surface area contributed by atoms with Gasteiger partial charge >= 0.3 is 0 Å². The molecule has 8 heteroatoms. The summed E-state index contributed by atoms with van der Waals surface area (Å²) < 4.78 is 47.4. The number of nitrogens with zero attached hydrogens (tertiary/aromatic N) is 2. The SMILES string of the molecule is Cc1nc(C2OC(COCc3ccccc3)C(OCc3ccccc3)C2OCc2ccccc2)c(F)nc1OCc1ccccc1. The van der Waals surface area contributed by atoms with Crippen molar-refractivity contribution in [2.45, 2.75) is 57.8 Å². The topological polar surface area (TPSA) is 71.9 Å². The molecule has 1 aromatic heterocycles. The molecule has 4 aromatic carbocycles. The fraction of sp³-hybridized carbons (Fsp3) is 0.263. The van der Waals surface area contributed by atoms with Crippen molar-refractivity contribution in [3.63, 3.8) is 0 Å². The molecule has 0 spiro atoms. The zero-order valence-electron chi connectivity index (χ0n) is 25.7. The van der Waals surface area contributed by atoms with E-state index in [1.807, 2.05) is 121 Å². The van der Waals surface area contributed by atoms with Crippen LogP contribution >= 0.6 is 0 Å². The summed E-state index contributed by atoms with van der Waals surface area (Å²) >= 11 is 0. The minimum Gasteiger partial charge on any atom is -0.471 e. The maximum Gasteiger partial charge on any atom is 0.240 e. The Bertz CT molecular complexity index is 1640. The Morgan fingerprint density at radius 2 is 1.09 bits per heavy atom. The lowest BCUT2D eigenvalue weighted by atomic mass is 10.0. The van der Waals surface area contributed by atoms with Crippen molar-refractivity contribution in [2.24, 2.45) is 0 Å². The van der Waals surface area contributed by atoms with E-state index in [4.69, 9.17) is 23.7 Å². The zero-order valence-corrected chi connectivity index (χ0v) is 25.7. The van der Waals surface area contributed by atoms with Gasteiger partial charge in [0, 0.05) is 0 Å². The summed E-state index contributed by atoms with van der Waals surface area (Å²) in [6.07, 6.45) is -2.74. The highest BCUT2D eigenvalue weighted by molar-refractivity contribution is 5.24. The van der Waals surface area contributed by atoms with Gasteiger partial charge in [-0.1, -0.05) is 121 Å². The summed E-state index contributed by atoms with van der Waals surface area (Å²) in [6, 6.07) is 39.2. The first-order chi connectivity index (χ1) is 22.6. The van der Waals surface area contributed by atoms with Crippen LogP contribution in [0.4, 0.5) is 4.39 Å². The van der Waals surface area contributed by atoms with Crippen LogP contribution in [0.1, 0.15) is 39.7 Å². The van der Waals surface area contributed by atoms with Crippen LogP contribution in [0.2, 0.25) is 0 Å². The minimum absolute atomic E-state index is 0.0430. The smallest absolute Gasteiger partial charge is 0.240 e. The minimum atomic E-state index is -0.899. The Labute approximate surface area is 268 Å². The third kappa shape index (κ3) is 8.21. The van der Waals surface area contributed by atoms with Crippen LogP contribution in [0.25, 0.3) is 0 Å². The van der Waals surface area contributed by atoms with Crippen molar-refractivity contribution in [3.8, 4) is 5.88 Å². The van der Waals surface area contributed by atoms with Crippen molar-refractivity contribution in [1.82, 2.24) is 9.97 Å². The molecule has 5 aromatic rings. The molecule has 4 atom stereocenters. The highest BCUT2D eigenvalue weighted by Crippen LogP contribution is 2.39. The molecule has 0 aliphatic carbocycles. The Kier molecular flexibility index (Phi) is 10.7. The van der Waals surface area contributed by atoms with Crippen molar-refractivity contribution < 1.29 is 28.1 Å². The second-order valence-electron chi connectivity index (χ2n) is 11.2. The lowest BCUT2D eigenvalue weighted by Gasteiger charge is -2.25. The molecule has 0 saturated carbocycles. The molecule has 0 radical (unpaired) electrons. The Balaban J connectivity index is 1.27. The van der Waals surface area contributed by atoms with E-state index in [9.17, 15) is 0 Å². The monoisotopic (exact) mass is 620 g/mol. The molecule has 236 valence electrons. The first kappa shape index (κ1) is 31.5. The summed E-state index contributed by atoms with van der Waals surface area (Å²) in [4.78, 5) is 8.79. The molecular weight excluding hydrogens is 583 g/mol.